The van der Waals surface area contributed by atoms with Crippen LogP contribution in [0.3, 0.4) is 0 Å². The highest BCUT2D eigenvalue weighted by atomic mass is 15.1. The SMILES string of the molecule is Cc1cc(N(C)Cc2ccccc2)ccc1N. The number of nitrogen functional groups attached to an aromatic ring is 1. The molecule has 0 amide bonds. The van der Waals surface area contributed by atoms with Crippen LogP contribution in [0.4, 0.5) is 11.4 Å². The molecule has 0 aromatic heterocycles. The molecule has 0 bridgehead atoms. The third-order valence-corrected chi connectivity index (χ3v) is 2.96. The molecule has 2 N–H and O–H groups in total. The summed E-state index contributed by atoms with van der Waals surface area (Å²) in [5, 5.41) is 0. The predicted molar refractivity (Wildman–Crippen MR) is 74.1 cm³/mol. The summed E-state index contributed by atoms with van der Waals surface area (Å²) < 4.78 is 0. The van der Waals surface area contributed by atoms with Crippen LogP contribution in [0.15, 0.2) is 48.5 Å². The normalized spacial score (nSPS) is 10.2. The minimum absolute atomic E-state index is 0.849. The Bertz CT molecular complexity index is 492. The molecule has 2 nitrogen and oxygen atoms in total. The molecular formula is C15H18N2. The van der Waals surface area contributed by atoms with E-state index >= 15 is 0 Å². The van der Waals surface area contributed by atoms with E-state index in [1.807, 2.05) is 19.1 Å². The Morgan fingerprint density at radius 2 is 1.76 bits per heavy atom. The van der Waals surface area contributed by atoms with Gasteiger partial charge in [0.15, 0.2) is 0 Å². The maximum absolute atomic E-state index is 5.82. The Labute approximate surface area is 103 Å². The second-order valence-corrected chi connectivity index (χ2v) is 4.38. The Morgan fingerprint density at radius 1 is 1.06 bits per heavy atom. The smallest absolute Gasteiger partial charge is 0.0426 e. The first-order valence-corrected chi connectivity index (χ1v) is 5.78. The van der Waals surface area contributed by atoms with E-state index in [1.165, 1.54) is 11.3 Å². The van der Waals surface area contributed by atoms with Crippen LogP contribution in [0, 0.1) is 6.92 Å². The van der Waals surface area contributed by atoms with Gasteiger partial charge in [-0.05, 0) is 36.2 Å². The van der Waals surface area contributed by atoms with E-state index in [0.717, 1.165) is 17.8 Å². The number of nitrogens with two attached hydrogens (primary N) is 1. The number of rotatable bonds is 3. The molecule has 0 fully saturated rings. The van der Waals surface area contributed by atoms with E-state index in [2.05, 4.69) is 48.3 Å². The second-order valence-electron chi connectivity index (χ2n) is 4.38. The Hall–Kier alpha value is -1.96. The molecule has 0 atom stereocenters. The highest BCUT2D eigenvalue weighted by molar-refractivity contribution is 5.57. The maximum atomic E-state index is 5.82. The van der Waals surface area contributed by atoms with E-state index < -0.39 is 0 Å². The minimum atomic E-state index is 0.849. The Morgan fingerprint density at radius 3 is 2.41 bits per heavy atom. The van der Waals surface area contributed by atoms with Gasteiger partial charge < -0.3 is 10.6 Å². The van der Waals surface area contributed by atoms with Crippen molar-refractivity contribution in [2.45, 2.75) is 13.5 Å². The van der Waals surface area contributed by atoms with Crippen LogP contribution < -0.4 is 10.6 Å². The highest BCUT2D eigenvalue weighted by Crippen LogP contribution is 2.20. The Kier molecular flexibility index (Phi) is 3.33. The molecule has 2 heteroatoms. The lowest BCUT2D eigenvalue weighted by atomic mass is 10.1. The summed E-state index contributed by atoms with van der Waals surface area (Å²) in [5.41, 5.74) is 10.3. The van der Waals surface area contributed by atoms with Gasteiger partial charge in [0, 0.05) is 25.0 Å². The predicted octanol–water partition coefficient (Wildman–Crippen LogP) is 3.21. The molecule has 0 saturated heterocycles. The number of anilines is 2. The average molecular weight is 226 g/mol. The van der Waals surface area contributed by atoms with Gasteiger partial charge in [-0.1, -0.05) is 30.3 Å². The standard InChI is InChI=1S/C15H18N2/c1-12-10-14(8-9-15(12)16)17(2)11-13-6-4-3-5-7-13/h3-10H,11,16H2,1-2H3. The van der Waals surface area contributed by atoms with Crippen LogP contribution in [0.5, 0.6) is 0 Å². The van der Waals surface area contributed by atoms with Crippen molar-refractivity contribution >= 4 is 11.4 Å². The van der Waals surface area contributed by atoms with Gasteiger partial charge in [-0.3, -0.25) is 0 Å². The summed E-state index contributed by atoms with van der Waals surface area (Å²) >= 11 is 0. The van der Waals surface area contributed by atoms with Gasteiger partial charge in [-0.2, -0.15) is 0 Å². The van der Waals surface area contributed by atoms with Crippen molar-refractivity contribution in [3.8, 4) is 0 Å². The zero-order valence-corrected chi connectivity index (χ0v) is 10.4. The first kappa shape index (κ1) is 11.5. The summed E-state index contributed by atoms with van der Waals surface area (Å²) in [6.07, 6.45) is 0. The average Bonchev–Trinajstić information content (AvgIpc) is 2.34. The van der Waals surface area contributed by atoms with Crippen molar-refractivity contribution in [1.82, 2.24) is 0 Å². The summed E-state index contributed by atoms with van der Waals surface area (Å²) in [6.45, 7) is 2.94. The number of benzene rings is 2. The van der Waals surface area contributed by atoms with E-state index in [9.17, 15) is 0 Å². The topological polar surface area (TPSA) is 29.3 Å². The van der Waals surface area contributed by atoms with Gasteiger partial charge in [-0.15, -0.1) is 0 Å². The molecule has 0 saturated carbocycles. The second kappa shape index (κ2) is 4.91. The lowest BCUT2D eigenvalue weighted by molar-refractivity contribution is 0.922. The molecular weight excluding hydrogens is 208 g/mol. The van der Waals surface area contributed by atoms with Gasteiger partial charge in [-0.25, -0.2) is 0 Å². The monoisotopic (exact) mass is 226 g/mol. The van der Waals surface area contributed by atoms with Gasteiger partial charge in [0.2, 0.25) is 0 Å². The van der Waals surface area contributed by atoms with Crippen LogP contribution in [0.1, 0.15) is 11.1 Å². The first-order valence-electron chi connectivity index (χ1n) is 5.78. The molecule has 0 aliphatic rings. The number of hydrogen-bond donors (Lipinski definition) is 1. The summed E-state index contributed by atoms with van der Waals surface area (Å²) in [7, 11) is 2.10. The molecule has 17 heavy (non-hydrogen) atoms. The molecule has 0 radical (unpaired) electrons. The Balaban J connectivity index is 2.14. The summed E-state index contributed by atoms with van der Waals surface area (Å²) in [4.78, 5) is 2.22. The van der Waals surface area contributed by atoms with Crippen molar-refractivity contribution in [3.63, 3.8) is 0 Å². The number of aryl methyl sites for hydroxylation is 1. The zero-order chi connectivity index (χ0) is 12.3. The van der Waals surface area contributed by atoms with Crippen molar-refractivity contribution in [1.29, 1.82) is 0 Å². The van der Waals surface area contributed by atoms with Crippen molar-refractivity contribution in [3.05, 3.63) is 59.7 Å². The van der Waals surface area contributed by atoms with Gasteiger partial charge in [0.25, 0.3) is 0 Å². The fraction of sp³-hybridized carbons (Fsp3) is 0.200. The number of hydrogen-bond acceptors (Lipinski definition) is 2. The lowest BCUT2D eigenvalue weighted by Gasteiger charge is -2.20. The maximum Gasteiger partial charge on any atom is 0.0426 e. The van der Waals surface area contributed by atoms with E-state index in [0.29, 0.717) is 0 Å². The molecule has 0 aliphatic heterocycles. The fourth-order valence-electron chi connectivity index (χ4n) is 1.85. The lowest BCUT2D eigenvalue weighted by Crippen LogP contribution is -2.16. The summed E-state index contributed by atoms with van der Waals surface area (Å²) in [5.74, 6) is 0. The highest BCUT2D eigenvalue weighted by Gasteiger charge is 2.03. The van der Waals surface area contributed by atoms with Gasteiger partial charge >= 0.3 is 0 Å². The molecule has 88 valence electrons. The summed E-state index contributed by atoms with van der Waals surface area (Å²) in [6, 6.07) is 16.6. The van der Waals surface area contributed by atoms with Crippen molar-refractivity contribution in [2.75, 3.05) is 17.7 Å². The fourth-order valence-corrected chi connectivity index (χ4v) is 1.85. The third-order valence-electron chi connectivity index (χ3n) is 2.96. The van der Waals surface area contributed by atoms with Crippen molar-refractivity contribution in [2.24, 2.45) is 0 Å². The molecule has 0 spiro atoms. The third kappa shape index (κ3) is 2.78. The van der Waals surface area contributed by atoms with Gasteiger partial charge in [0.1, 0.15) is 0 Å². The van der Waals surface area contributed by atoms with Gasteiger partial charge in [0.05, 0.1) is 0 Å². The number of nitrogens with zero attached hydrogens (tertiary/aromatic N) is 1. The van der Waals surface area contributed by atoms with Crippen LogP contribution in [0.2, 0.25) is 0 Å². The molecule has 2 rings (SSSR count). The van der Waals surface area contributed by atoms with E-state index in [-0.39, 0.29) is 0 Å². The molecule has 0 aliphatic carbocycles. The van der Waals surface area contributed by atoms with Crippen molar-refractivity contribution < 1.29 is 0 Å². The largest absolute Gasteiger partial charge is 0.399 e. The van der Waals surface area contributed by atoms with Crippen LogP contribution in [0.25, 0.3) is 0 Å². The zero-order valence-electron chi connectivity index (χ0n) is 10.4. The van der Waals surface area contributed by atoms with E-state index in [1.54, 1.807) is 0 Å². The van der Waals surface area contributed by atoms with Crippen LogP contribution >= 0.6 is 0 Å². The van der Waals surface area contributed by atoms with Crippen LogP contribution in [-0.4, -0.2) is 7.05 Å². The molecule has 2 aromatic carbocycles. The van der Waals surface area contributed by atoms with E-state index in [4.69, 9.17) is 5.73 Å². The first-order chi connectivity index (χ1) is 8.16. The quantitative estimate of drug-likeness (QED) is 0.814. The molecule has 0 heterocycles. The van der Waals surface area contributed by atoms with Crippen LogP contribution in [-0.2, 0) is 6.54 Å². The molecule has 2 aromatic rings. The molecule has 0 unspecified atom stereocenters. The minimum Gasteiger partial charge on any atom is -0.399 e.